The summed E-state index contributed by atoms with van der Waals surface area (Å²) in [5, 5.41) is 2.95. The lowest BCUT2D eigenvalue weighted by molar-refractivity contribution is -0.139. The van der Waals surface area contributed by atoms with Gasteiger partial charge in [-0.05, 0) is 49.8 Å². The molecule has 0 radical (unpaired) electrons. The number of aromatic nitrogens is 2. The molecular weight excluding hydrogens is 343 g/mol. The minimum absolute atomic E-state index is 0.0919. The Morgan fingerprint density at radius 2 is 1.85 bits per heavy atom. The minimum Gasteiger partial charge on any atom is -0.474 e. The number of halogens is 3. The molecule has 0 aliphatic heterocycles. The Morgan fingerprint density at radius 1 is 1.15 bits per heavy atom. The molecule has 1 fully saturated rings. The number of nitrogens with one attached hydrogen (secondary N) is 1. The van der Waals surface area contributed by atoms with Gasteiger partial charge in [-0.3, -0.25) is 0 Å². The van der Waals surface area contributed by atoms with Gasteiger partial charge in [-0.1, -0.05) is 25.5 Å². The maximum absolute atomic E-state index is 13.2. The van der Waals surface area contributed by atoms with Gasteiger partial charge in [0, 0.05) is 11.9 Å². The first kappa shape index (κ1) is 18.5. The Labute approximate surface area is 150 Å². The zero-order chi connectivity index (χ0) is 18.6. The topological polar surface area (TPSA) is 47.0 Å². The molecule has 0 saturated heterocycles. The zero-order valence-corrected chi connectivity index (χ0v) is 14.6. The molecule has 26 heavy (non-hydrogen) atoms. The second-order valence-corrected chi connectivity index (χ2v) is 6.51. The van der Waals surface area contributed by atoms with Crippen LogP contribution in [-0.2, 0) is 12.6 Å². The second kappa shape index (κ2) is 7.93. The molecule has 2 aromatic rings. The molecule has 0 unspecified atom stereocenters. The van der Waals surface area contributed by atoms with Gasteiger partial charge in [-0.15, -0.1) is 0 Å². The van der Waals surface area contributed by atoms with E-state index < -0.39 is 17.6 Å². The first-order chi connectivity index (χ1) is 12.5. The fourth-order valence-corrected chi connectivity index (χ4v) is 3.05. The number of anilines is 2. The minimum atomic E-state index is -4.55. The number of hydrogen-bond acceptors (Lipinski definition) is 4. The van der Waals surface area contributed by atoms with Crippen LogP contribution in [0.4, 0.5) is 24.8 Å². The van der Waals surface area contributed by atoms with Crippen LogP contribution in [0, 0.1) is 0 Å². The van der Waals surface area contributed by atoms with E-state index in [2.05, 4.69) is 22.2 Å². The molecule has 1 heterocycles. The Hall–Kier alpha value is -2.31. The molecule has 1 aromatic carbocycles. The van der Waals surface area contributed by atoms with Gasteiger partial charge in [0.15, 0.2) is 0 Å². The van der Waals surface area contributed by atoms with Gasteiger partial charge in [0.25, 0.3) is 0 Å². The van der Waals surface area contributed by atoms with E-state index in [-0.39, 0.29) is 12.1 Å². The lowest BCUT2D eigenvalue weighted by atomic mass is 10.1. The second-order valence-electron chi connectivity index (χ2n) is 6.51. The third-order valence-electron chi connectivity index (χ3n) is 4.39. The number of ether oxygens (including phenoxy) is 1. The van der Waals surface area contributed by atoms with E-state index in [4.69, 9.17) is 4.74 Å². The lowest BCUT2D eigenvalue weighted by Gasteiger charge is -2.17. The van der Waals surface area contributed by atoms with Crippen LogP contribution in [-0.4, -0.2) is 16.1 Å². The summed E-state index contributed by atoms with van der Waals surface area (Å²) in [5.74, 6) is -0.307. The van der Waals surface area contributed by atoms with Crippen molar-refractivity contribution in [3.05, 3.63) is 41.6 Å². The summed E-state index contributed by atoms with van der Waals surface area (Å²) in [6, 6.07) is 7.69. The van der Waals surface area contributed by atoms with Crippen molar-refractivity contribution in [2.24, 2.45) is 0 Å². The van der Waals surface area contributed by atoms with E-state index >= 15 is 0 Å². The Morgan fingerprint density at radius 3 is 2.46 bits per heavy atom. The molecule has 0 spiro atoms. The van der Waals surface area contributed by atoms with Crippen LogP contribution >= 0.6 is 0 Å². The smallest absolute Gasteiger partial charge is 0.423 e. The van der Waals surface area contributed by atoms with Gasteiger partial charge in [0.2, 0.25) is 11.8 Å². The van der Waals surface area contributed by atoms with Crippen LogP contribution in [0.3, 0.4) is 0 Å². The summed E-state index contributed by atoms with van der Waals surface area (Å²) in [5.41, 5.74) is 0.987. The first-order valence-electron chi connectivity index (χ1n) is 8.92. The van der Waals surface area contributed by atoms with E-state index in [1.165, 1.54) is 5.56 Å². The van der Waals surface area contributed by atoms with E-state index in [0.29, 0.717) is 0 Å². The highest BCUT2D eigenvalue weighted by Gasteiger charge is 2.37. The maximum atomic E-state index is 13.2. The Kier molecular flexibility index (Phi) is 5.64. The first-order valence-corrected chi connectivity index (χ1v) is 8.92. The predicted octanol–water partition coefficient (Wildman–Crippen LogP) is 5.51. The molecule has 0 bridgehead atoms. The van der Waals surface area contributed by atoms with Gasteiger partial charge >= 0.3 is 6.18 Å². The molecule has 1 N–H and O–H groups in total. The van der Waals surface area contributed by atoms with Crippen LogP contribution in [0.25, 0.3) is 0 Å². The monoisotopic (exact) mass is 365 g/mol. The Bertz CT molecular complexity index is 726. The summed E-state index contributed by atoms with van der Waals surface area (Å²) in [7, 11) is 0. The van der Waals surface area contributed by atoms with Gasteiger partial charge < -0.3 is 10.1 Å². The molecule has 1 aliphatic rings. The molecule has 140 valence electrons. The summed E-state index contributed by atoms with van der Waals surface area (Å²) in [6.45, 7) is 2.11. The average molecular weight is 365 g/mol. The van der Waals surface area contributed by atoms with Crippen LogP contribution < -0.4 is 10.1 Å². The molecule has 4 nitrogen and oxygen atoms in total. The van der Waals surface area contributed by atoms with Crippen molar-refractivity contribution in [2.45, 2.75) is 57.7 Å². The van der Waals surface area contributed by atoms with Crippen molar-refractivity contribution in [3.8, 4) is 5.88 Å². The molecule has 1 aromatic heterocycles. The van der Waals surface area contributed by atoms with Crippen molar-refractivity contribution in [3.63, 3.8) is 0 Å². The van der Waals surface area contributed by atoms with Crippen molar-refractivity contribution in [1.29, 1.82) is 0 Å². The molecule has 1 saturated carbocycles. The fourth-order valence-electron chi connectivity index (χ4n) is 3.05. The summed E-state index contributed by atoms with van der Waals surface area (Å²) < 4.78 is 45.2. The molecule has 3 rings (SSSR count). The quantitative estimate of drug-likeness (QED) is 0.733. The standard InChI is InChI=1S/C19H22F3N3O/c1-2-5-13-8-10-14(11-9-13)24-18-23-12-16(19(20,21)22)17(25-18)26-15-6-3-4-7-15/h8-12,15H,2-7H2,1H3,(H,23,24,25). The number of benzene rings is 1. The predicted molar refractivity (Wildman–Crippen MR) is 93.6 cm³/mol. The number of nitrogens with zero attached hydrogens (tertiary/aromatic N) is 2. The maximum Gasteiger partial charge on any atom is 0.423 e. The van der Waals surface area contributed by atoms with Crippen LogP contribution in [0.15, 0.2) is 30.5 Å². The third kappa shape index (κ3) is 4.65. The molecule has 7 heteroatoms. The highest BCUT2D eigenvalue weighted by molar-refractivity contribution is 5.54. The lowest BCUT2D eigenvalue weighted by Crippen LogP contribution is -2.17. The van der Waals surface area contributed by atoms with E-state index in [9.17, 15) is 13.2 Å². The number of aryl methyl sites for hydroxylation is 1. The van der Waals surface area contributed by atoms with Gasteiger partial charge in [-0.2, -0.15) is 18.2 Å². The zero-order valence-electron chi connectivity index (χ0n) is 14.6. The van der Waals surface area contributed by atoms with Crippen LogP contribution in [0.1, 0.15) is 50.2 Å². The molecule has 0 atom stereocenters. The summed E-state index contributed by atoms with van der Waals surface area (Å²) >= 11 is 0. The largest absolute Gasteiger partial charge is 0.474 e. The van der Waals surface area contributed by atoms with E-state index in [1.54, 1.807) is 0 Å². The van der Waals surface area contributed by atoms with Crippen molar-refractivity contribution in [1.82, 2.24) is 9.97 Å². The highest BCUT2D eigenvalue weighted by Crippen LogP contribution is 2.37. The molecule has 1 aliphatic carbocycles. The summed E-state index contributed by atoms with van der Waals surface area (Å²) in [6.07, 6.45) is 1.49. The number of alkyl halides is 3. The third-order valence-corrected chi connectivity index (χ3v) is 4.39. The van der Waals surface area contributed by atoms with Crippen molar-refractivity contribution in [2.75, 3.05) is 5.32 Å². The Balaban J connectivity index is 1.80. The van der Waals surface area contributed by atoms with Crippen molar-refractivity contribution < 1.29 is 17.9 Å². The number of hydrogen-bond donors (Lipinski definition) is 1. The van der Waals surface area contributed by atoms with Gasteiger partial charge in [-0.25, -0.2) is 4.98 Å². The van der Waals surface area contributed by atoms with Crippen LogP contribution in [0.5, 0.6) is 5.88 Å². The number of rotatable bonds is 6. The van der Waals surface area contributed by atoms with Gasteiger partial charge in [0.1, 0.15) is 11.7 Å². The normalized spacial score (nSPS) is 15.2. The van der Waals surface area contributed by atoms with E-state index in [0.717, 1.165) is 50.4 Å². The fraction of sp³-hybridized carbons (Fsp3) is 0.474. The SMILES string of the molecule is CCCc1ccc(Nc2ncc(C(F)(F)F)c(OC3CCCC3)n2)cc1. The van der Waals surface area contributed by atoms with Crippen LogP contribution in [0.2, 0.25) is 0 Å². The molecular formula is C19H22F3N3O. The average Bonchev–Trinajstić information content (AvgIpc) is 3.09. The van der Waals surface area contributed by atoms with Gasteiger partial charge in [0.05, 0.1) is 0 Å². The summed E-state index contributed by atoms with van der Waals surface area (Å²) in [4.78, 5) is 7.80. The van der Waals surface area contributed by atoms with Crippen molar-refractivity contribution >= 4 is 11.6 Å². The highest BCUT2D eigenvalue weighted by atomic mass is 19.4. The van der Waals surface area contributed by atoms with E-state index in [1.807, 2.05) is 24.3 Å². The molecule has 0 amide bonds.